The van der Waals surface area contributed by atoms with Gasteiger partial charge >= 0.3 is 6.08 Å². The van der Waals surface area contributed by atoms with Crippen molar-refractivity contribution in [1.82, 2.24) is 19.5 Å². The van der Waals surface area contributed by atoms with Crippen LogP contribution in [0.15, 0.2) is 18.5 Å². The van der Waals surface area contributed by atoms with Crippen LogP contribution in [-0.4, -0.2) is 36.8 Å². The Labute approximate surface area is 112 Å². The first-order chi connectivity index (χ1) is 9.58. The molecule has 20 heavy (non-hydrogen) atoms. The van der Waals surface area contributed by atoms with E-state index in [4.69, 9.17) is 16.9 Å². The number of fused-ring (bicyclic) bond motifs is 1. The van der Waals surface area contributed by atoms with E-state index in [0.717, 1.165) is 0 Å². The van der Waals surface area contributed by atoms with E-state index in [1.54, 1.807) is 12.2 Å². The van der Waals surface area contributed by atoms with Gasteiger partial charge in [-0.05, 0) is 12.2 Å². The number of aromatic nitrogens is 4. The molecule has 3 rings (SSSR count). The van der Waals surface area contributed by atoms with Gasteiger partial charge in [0, 0.05) is 0 Å². The average molecular weight is 275 g/mol. The van der Waals surface area contributed by atoms with Gasteiger partial charge < -0.3 is 15.6 Å². The van der Waals surface area contributed by atoms with Gasteiger partial charge in [-0.2, -0.15) is 14.4 Å². The van der Waals surface area contributed by atoms with Crippen molar-refractivity contribution in [3.8, 4) is 12.3 Å². The highest BCUT2D eigenvalue weighted by Gasteiger charge is 2.34. The molecule has 2 atom stereocenters. The van der Waals surface area contributed by atoms with Gasteiger partial charge in [-0.3, -0.25) is 4.57 Å². The zero-order valence-corrected chi connectivity index (χ0v) is 10.2. The third kappa shape index (κ3) is 1.72. The van der Waals surface area contributed by atoms with Crippen molar-refractivity contribution in [3.63, 3.8) is 0 Å². The largest absolute Gasteiger partial charge is 0.392 e. The van der Waals surface area contributed by atoms with Crippen LogP contribution in [0.3, 0.4) is 0 Å². The number of nitrogens with zero attached hydrogens (tertiary/aromatic N) is 4. The van der Waals surface area contributed by atoms with Crippen LogP contribution in [0.2, 0.25) is 0 Å². The van der Waals surface area contributed by atoms with Crippen LogP contribution < -0.4 is 5.73 Å². The third-order valence-corrected chi connectivity index (χ3v) is 3.04. The summed E-state index contributed by atoms with van der Waals surface area (Å²) in [6, 6.07) is 0. The molecular weight excluding hydrogens is 265 g/mol. The van der Waals surface area contributed by atoms with E-state index in [0.29, 0.717) is 0 Å². The highest BCUT2D eigenvalue weighted by molar-refractivity contribution is 5.81. The predicted octanol–water partition coefficient (Wildman–Crippen LogP) is -0.00310. The summed E-state index contributed by atoms with van der Waals surface area (Å²) >= 11 is 0. The van der Waals surface area contributed by atoms with Crippen LogP contribution in [0.5, 0.6) is 0 Å². The number of hydrogen-bond donors (Lipinski definition) is 2. The maximum atomic E-state index is 13.3. The Morgan fingerprint density at radius 2 is 2.40 bits per heavy atom. The Balaban J connectivity index is 2.06. The zero-order chi connectivity index (χ0) is 14.3. The standard InChI is InChI=1S/C12H10FN5O2/c1-2-12(5-19)4-3-7(20-12)18-6-15-8-9(14)16-11(13)17-10(8)18/h1,3-4,6-7,19H,5H2,(H2,14,16,17)/t7-,12+/m1/s1. The SMILES string of the molecule is C#C[C@@]1(CO)C=C[C@H](n2cnc3c(N)nc(F)nc32)O1. The van der Waals surface area contributed by atoms with Gasteiger partial charge in [-0.1, -0.05) is 5.92 Å². The van der Waals surface area contributed by atoms with Gasteiger partial charge in [0.25, 0.3) is 0 Å². The maximum Gasteiger partial charge on any atom is 0.312 e. The number of imidazole rings is 1. The monoisotopic (exact) mass is 275 g/mol. The number of rotatable bonds is 2. The average Bonchev–Trinajstić information content (AvgIpc) is 3.02. The normalized spacial score (nSPS) is 25.1. The smallest absolute Gasteiger partial charge is 0.312 e. The summed E-state index contributed by atoms with van der Waals surface area (Å²) < 4.78 is 20.3. The van der Waals surface area contributed by atoms with Crippen LogP contribution >= 0.6 is 0 Å². The Kier molecular flexibility index (Phi) is 2.67. The molecule has 2 aromatic heterocycles. The molecule has 2 aromatic rings. The number of hydrogen-bond acceptors (Lipinski definition) is 6. The second-order valence-electron chi connectivity index (χ2n) is 4.26. The number of aliphatic hydroxyl groups excluding tert-OH is 1. The van der Waals surface area contributed by atoms with E-state index >= 15 is 0 Å². The number of nitrogens with two attached hydrogens (primary N) is 1. The number of halogens is 1. The van der Waals surface area contributed by atoms with Gasteiger partial charge in [0.05, 0.1) is 12.9 Å². The molecule has 3 N–H and O–H groups in total. The fourth-order valence-corrected chi connectivity index (χ4v) is 2.00. The lowest BCUT2D eigenvalue weighted by atomic mass is 10.1. The molecule has 0 bridgehead atoms. The summed E-state index contributed by atoms with van der Waals surface area (Å²) in [7, 11) is 0. The fourth-order valence-electron chi connectivity index (χ4n) is 2.00. The molecule has 0 radical (unpaired) electrons. The highest BCUT2D eigenvalue weighted by Crippen LogP contribution is 2.31. The predicted molar refractivity (Wildman–Crippen MR) is 67.6 cm³/mol. The molecule has 0 aliphatic carbocycles. The van der Waals surface area contributed by atoms with Crippen LogP contribution in [0.1, 0.15) is 6.23 Å². The molecule has 0 unspecified atom stereocenters. The van der Waals surface area contributed by atoms with E-state index in [-0.39, 0.29) is 23.6 Å². The molecule has 0 saturated heterocycles. The van der Waals surface area contributed by atoms with Crippen LogP contribution in [0, 0.1) is 18.4 Å². The molecule has 0 amide bonds. The number of aliphatic hydroxyl groups is 1. The molecule has 0 spiro atoms. The molecule has 102 valence electrons. The minimum atomic E-state index is -1.20. The molecule has 1 aliphatic rings. The Morgan fingerprint density at radius 3 is 3.05 bits per heavy atom. The fraction of sp³-hybridized carbons (Fsp3) is 0.250. The lowest BCUT2D eigenvalue weighted by Crippen LogP contribution is -2.31. The Bertz CT molecular complexity index is 750. The second-order valence-corrected chi connectivity index (χ2v) is 4.26. The molecule has 3 heterocycles. The summed E-state index contributed by atoms with van der Waals surface area (Å²) in [5.74, 6) is 2.31. The molecule has 8 heteroatoms. The summed E-state index contributed by atoms with van der Waals surface area (Å²) in [6.07, 6.45) is 8.32. The molecule has 1 aliphatic heterocycles. The lowest BCUT2D eigenvalue weighted by Gasteiger charge is -2.21. The van der Waals surface area contributed by atoms with Gasteiger partial charge in [0.2, 0.25) is 0 Å². The van der Waals surface area contributed by atoms with Gasteiger partial charge in [0.15, 0.2) is 28.8 Å². The highest BCUT2D eigenvalue weighted by atomic mass is 19.1. The van der Waals surface area contributed by atoms with Crippen LogP contribution in [0.4, 0.5) is 10.2 Å². The molecule has 0 aromatic carbocycles. The Morgan fingerprint density at radius 1 is 1.60 bits per heavy atom. The van der Waals surface area contributed by atoms with E-state index < -0.39 is 17.9 Å². The number of nitrogen functional groups attached to an aromatic ring is 1. The minimum Gasteiger partial charge on any atom is -0.392 e. The first-order valence-electron chi connectivity index (χ1n) is 5.70. The van der Waals surface area contributed by atoms with Crippen molar-refractivity contribution in [2.75, 3.05) is 12.3 Å². The maximum absolute atomic E-state index is 13.3. The molecule has 7 nitrogen and oxygen atoms in total. The molecular formula is C12H10FN5O2. The summed E-state index contributed by atoms with van der Waals surface area (Å²) in [4.78, 5) is 11.1. The number of anilines is 1. The lowest BCUT2D eigenvalue weighted by molar-refractivity contribution is -0.0470. The number of ether oxygens (including phenoxy) is 1. The molecule has 0 fully saturated rings. The first kappa shape index (κ1) is 12.5. The van der Waals surface area contributed by atoms with Crippen molar-refractivity contribution in [2.24, 2.45) is 0 Å². The van der Waals surface area contributed by atoms with Crippen LogP contribution in [0.25, 0.3) is 11.2 Å². The third-order valence-electron chi connectivity index (χ3n) is 3.04. The van der Waals surface area contributed by atoms with E-state index in [9.17, 15) is 9.50 Å². The quantitative estimate of drug-likeness (QED) is 0.454. The van der Waals surface area contributed by atoms with E-state index in [1.807, 2.05) is 0 Å². The first-order valence-corrected chi connectivity index (χ1v) is 5.70. The van der Waals surface area contributed by atoms with Gasteiger partial charge in [0.1, 0.15) is 0 Å². The van der Waals surface area contributed by atoms with Gasteiger partial charge in [-0.25, -0.2) is 4.98 Å². The van der Waals surface area contributed by atoms with Crippen molar-refractivity contribution >= 4 is 17.0 Å². The van der Waals surface area contributed by atoms with Crippen molar-refractivity contribution in [3.05, 3.63) is 24.6 Å². The van der Waals surface area contributed by atoms with E-state index in [2.05, 4.69) is 20.9 Å². The summed E-state index contributed by atoms with van der Waals surface area (Å²) in [5.41, 5.74) is 4.84. The van der Waals surface area contributed by atoms with Crippen molar-refractivity contribution < 1.29 is 14.2 Å². The zero-order valence-electron chi connectivity index (χ0n) is 10.2. The summed E-state index contributed by atoms with van der Waals surface area (Å²) in [5, 5.41) is 9.28. The summed E-state index contributed by atoms with van der Waals surface area (Å²) in [6.45, 7) is -0.366. The number of terminal acetylenes is 1. The Hall–Kier alpha value is -2.50. The molecule has 0 saturated carbocycles. The minimum absolute atomic E-state index is 0.0569. The van der Waals surface area contributed by atoms with Gasteiger partial charge in [-0.15, -0.1) is 6.42 Å². The second kappa shape index (κ2) is 4.26. The topological polar surface area (TPSA) is 99.1 Å². The van der Waals surface area contributed by atoms with E-state index in [1.165, 1.54) is 10.9 Å². The van der Waals surface area contributed by atoms with Crippen LogP contribution in [-0.2, 0) is 4.74 Å². The van der Waals surface area contributed by atoms with Crippen molar-refractivity contribution in [2.45, 2.75) is 11.8 Å². The van der Waals surface area contributed by atoms with Crippen molar-refractivity contribution in [1.29, 1.82) is 0 Å².